The van der Waals surface area contributed by atoms with E-state index in [1.807, 2.05) is 0 Å². The number of aliphatic hydroxyl groups is 1. The molecule has 0 aromatic rings. The monoisotopic (exact) mass is 160 g/mol. The van der Waals surface area contributed by atoms with E-state index in [9.17, 15) is 4.79 Å². The lowest BCUT2D eigenvalue weighted by atomic mass is 10.2. The van der Waals surface area contributed by atoms with Gasteiger partial charge < -0.3 is 20.8 Å². The van der Waals surface area contributed by atoms with Crippen LogP contribution in [0.4, 0.5) is 4.79 Å². The highest BCUT2D eigenvalue weighted by Gasteiger charge is 2.32. The van der Waals surface area contributed by atoms with E-state index in [4.69, 9.17) is 15.9 Å². The minimum atomic E-state index is -1.00. The highest BCUT2D eigenvalue weighted by Crippen LogP contribution is 2.15. The van der Waals surface area contributed by atoms with Gasteiger partial charge in [-0.15, -0.1) is 0 Å². The fourth-order valence-electron chi connectivity index (χ4n) is 1.36. The second kappa shape index (κ2) is 3.06. The van der Waals surface area contributed by atoms with E-state index in [0.29, 0.717) is 13.0 Å². The molecule has 0 unspecified atom stereocenters. The van der Waals surface area contributed by atoms with Crippen molar-refractivity contribution in [2.75, 3.05) is 13.2 Å². The molecule has 0 saturated carbocycles. The molecule has 4 N–H and O–H groups in total. The topological polar surface area (TPSA) is 86.8 Å². The van der Waals surface area contributed by atoms with Crippen LogP contribution < -0.4 is 5.73 Å². The van der Waals surface area contributed by atoms with Gasteiger partial charge in [-0.3, -0.25) is 0 Å². The Morgan fingerprint density at radius 3 is 2.73 bits per heavy atom. The number of hydrogen-bond acceptors (Lipinski definition) is 3. The predicted octanol–water partition coefficient (Wildman–Crippen LogP) is -0.942. The molecule has 0 aliphatic carbocycles. The summed E-state index contributed by atoms with van der Waals surface area (Å²) in [5.74, 6) is 0. The van der Waals surface area contributed by atoms with Crippen LogP contribution >= 0.6 is 0 Å². The minimum absolute atomic E-state index is 0.122. The summed E-state index contributed by atoms with van der Waals surface area (Å²) in [6, 6.07) is -0.425. The van der Waals surface area contributed by atoms with Crippen LogP contribution in [0.1, 0.15) is 6.42 Å². The number of aliphatic hydroxyl groups excluding tert-OH is 1. The summed E-state index contributed by atoms with van der Waals surface area (Å²) in [6.45, 7) is 0.195. The van der Waals surface area contributed by atoms with E-state index in [0.717, 1.165) is 0 Å². The van der Waals surface area contributed by atoms with Crippen molar-refractivity contribution in [2.24, 2.45) is 5.73 Å². The number of amides is 1. The van der Waals surface area contributed by atoms with E-state index in [1.165, 1.54) is 4.90 Å². The summed E-state index contributed by atoms with van der Waals surface area (Å²) in [4.78, 5) is 11.7. The maximum atomic E-state index is 10.5. The molecule has 0 radical (unpaired) electrons. The van der Waals surface area contributed by atoms with E-state index in [2.05, 4.69) is 0 Å². The molecule has 0 aromatic heterocycles. The third-order valence-electron chi connectivity index (χ3n) is 1.90. The molecule has 1 saturated heterocycles. The summed E-state index contributed by atoms with van der Waals surface area (Å²) in [7, 11) is 0. The lowest BCUT2D eigenvalue weighted by Crippen LogP contribution is -2.37. The third kappa shape index (κ3) is 1.61. The molecular formula is C6H12N2O3. The maximum absolute atomic E-state index is 10.5. The SMILES string of the molecule is N[C@@H]1C[C@H](CO)N(C(=O)O)C1. The third-order valence-corrected chi connectivity index (χ3v) is 1.90. The first-order valence-corrected chi connectivity index (χ1v) is 3.51. The van der Waals surface area contributed by atoms with Gasteiger partial charge in [0.25, 0.3) is 0 Å². The molecule has 5 heteroatoms. The van der Waals surface area contributed by atoms with Crippen molar-refractivity contribution in [3.8, 4) is 0 Å². The van der Waals surface area contributed by atoms with Crippen LogP contribution in [0.15, 0.2) is 0 Å². The van der Waals surface area contributed by atoms with Gasteiger partial charge in [0, 0.05) is 12.6 Å². The first-order chi connectivity index (χ1) is 5.15. The van der Waals surface area contributed by atoms with Crippen LogP contribution in [0.3, 0.4) is 0 Å². The highest BCUT2D eigenvalue weighted by molar-refractivity contribution is 5.66. The van der Waals surface area contributed by atoms with Crippen LogP contribution in [0.2, 0.25) is 0 Å². The zero-order chi connectivity index (χ0) is 8.43. The van der Waals surface area contributed by atoms with Gasteiger partial charge in [0.05, 0.1) is 12.6 Å². The van der Waals surface area contributed by atoms with Gasteiger partial charge in [0.15, 0.2) is 0 Å². The highest BCUT2D eigenvalue weighted by atomic mass is 16.4. The van der Waals surface area contributed by atoms with Gasteiger partial charge in [-0.05, 0) is 6.42 Å². The van der Waals surface area contributed by atoms with E-state index < -0.39 is 6.09 Å². The number of rotatable bonds is 1. The molecule has 1 rings (SSSR count). The Balaban J connectivity index is 2.57. The first-order valence-electron chi connectivity index (χ1n) is 3.51. The van der Waals surface area contributed by atoms with Crippen molar-refractivity contribution in [1.29, 1.82) is 0 Å². The molecule has 5 nitrogen and oxygen atoms in total. The van der Waals surface area contributed by atoms with Gasteiger partial charge in [0.2, 0.25) is 0 Å². The van der Waals surface area contributed by atoms with Crippen molar-refractivity contribution in [3.63, 3.8) is 0 Å². The molecular weight excluding hydrogens is 148 g/mol. The minimum Gasteiger partial charge on any atom is -0.465 e. The Kier molecular flexibility index (Phi) is 2.31. The molecule has 0 spiro atoms. The van der Waals surface area contributed by atoms with Gasteiger partial charge >= 0.3 is 6.09 Å². The van der Waals surface area contributed by atoms with E-state index >= 15 is 0 Å². The normalized spacial score (nSPS) is 30.9. The quantitative estimate of drug-likeness (QED) is 0.462. The summed E-state index contributed by atoms with van der Waals surface area (Å²) in [5, 5.41) is 17.3. The number of likely N-dealkylation sites (tertiary alicyclic amines) is 1. The average molecular weight is 160 g/mol. The van der Waals surface area contributed by atoms with Gasteiger partial charge in [-0.25, -0.2) is 4.79 Å². The fraction of sp³-hybridized carbons (Fsp3) is 0.833. The summed E-state index contributed by atoms with van der Waals surface area (Å²) < 4.78 is 0. The van der Waals surface area contributed by atoms with Crippen molar-refractivity contribution in [3.05, 3.63) is 0 Å². The van der Waals surface area contributed by atoms with Crippen molar-refractivity contribution < 1.29 is 15.0 Å². The number of nitrogens with zero attached hydrogens (tertiary/aromatic N) is 1. The van der Waals surface area contributed by atoms with E-state index in [-0.39, 0.29) is 18.7 Å². The summed E-state index contributed by atoms with van der Waals surface area (Å²) >= 11 is 0. The number of hydrogen-bond donors (Lipinski definition) is 3. The van der Waals surface area contributed by atoms with Gasteiger partial charge in [0.1, 0.15) is 0 Å². The number of carbonyl (C=O) groups is 1. The average Bonchev–Trinajstić information content (AvgIpc) is 2.30. The summed E-state index contributed by atoms with van der Waals surface area (Å²) in [6.07, 6.45) is -0.444. The molecule has 11 heavy (non-hydrogen) atoms. The first kappa shape index (κ1) is 8.29. The Hall–Kier alpha value is -0.810. The Morgan fingerprint density at radius 2 is 2.36 bits per heavy atom. The Labute approximate surface area is 64.4 Å². The van der Waals surface area contributed by atoms with Crippen LogP contribution in [-0.4, -0.2) is 46.4 Å². The molecule has 1 amide bonds. The molecule has 2 atom stereocenters. The van der Waals surface area contributed by atoms with Gasteiger partial charge in [-0.2, -0.15) is 0 Å². The number of carboxylic acid groups (broad SMARTS) is 1. The molecule has 1 aliphatic rings. The van der Waals surface area contributed by atoms with Gasteiger partial charge in [-0.1, -0.05) is 0 Å². The van der Waals surface area contributed by atoms with Crippen molar-refractivity contribution >= 4 is 6.09 Å². The van der Waals surface area contributed by atoms with Crippen LogP contribution in [0, 0.1) is 0 Å². The zero-order valence-electron chi connectivity index (χ0n) is 6.10. The Morgan fingerprint density at radius 1 is 1.73 bits per heavy atom. The van der Waals surface area contributed by atoms with Crippen LogP contribution in [0.25, 0.3) is 0 Å². The van der Waals surface area contributed by atoms with Crippen LogP contribution in [0.5, 0.6) is 0 Å². The molecule has 1 fully saturated rings. The maximum Gasteiger partial charge on any atom is 0.407 e. The molecule has 0 aromatic carbocycles. The second-order valence-corrected chi connectivity index (χ2v) is 2.77. The van der Waals surface area contributed by atoms with Crippen LogP contribution in [-0.2, 0) is 0 Å². The second-order valence-electron chi connectivity index (χ2n) is 2.77. The lowest BCUT2D eigenvalue weighted by molar-refractivity contribution is 0.118. The van der Waals surface area contributed by atoms with E-state index in [1.54, 1.807) is 0 Å². The van der Waals surface area contributed by atoms with Crippen molar-refractivity contribution in [1.82, 2.24) is 4.90 Å². The standard InChI is InChI=1S/C6H12N2O3/c7-4-1-5(3-9)8(2-4)6(10)11/h4-5,9H,1-3,7H2,(H,10,11)/t4-,5-/m1/s1. The molecule has 0 bridgehead atoms. The predicted molar refractivity (Wildman–Crippen MR) is 38.2 cm³/mol. The lowest BCUT2D eigenvalue weighted by Gasteiger charge is -2.18. The fourth-order valence-corrected chi connectivity index (χ4v) is 1.36. The number of nitrogens with two attached hydrogens (primary N) is 1. The molecule has 1 aliphatic heterocycles. The smallest absolute Gasteiger partial charge is 0.407 e. The van der Waals surface area contributed by atoms with Crippen molar-refractivity contribution in [2.45, 2.75) is 18.5 Å². The Bertz CT molecular complexity index is 162. The largest absolute Gasteiger partial charge is 0.465 e. The molecule has 64 valence electrons. The summed E-state index contributed by atoms with van der Waals surface area (Å²) in [5.41, 5.74) is 5.51. The zero-order valence-corrected chi connectivity index (χ0v) is 6.10. The molecule has 1 heterocycles.